The molecule has 2 aromatic rings. The lowest BCUT2D eigenvalue weighted by molar-refractivity contribution is 0.316. The quantitative estimate of drug-likeness (QED) is 0.559. The van der Waals surface area contributed by atoms with Gasteiger partial charge in [-0.15, -0.1) is 0 Å². The number of ether oxygens (including phenoxy) is 1. The summed E-state index contributed by atoms with van der Waals surface area (Å²) in [5, 5.41) is 8.16. The van der Waals surface area contributed by atoms with Crippen LogP contribution in [0.4, 0.5) is 0 Å². The number of rotatable bonds is 2. The van der Waals surface area contributed by atoms with Gasteiger partial charge in [-0.05, 0) is 18.2 Å². The second-order valence-electron chi connectivity index (χ2n) is 2.94. The van der Waals surface area contributed by atoms with Gasteiger partial charge in [-0.2, -0.15) is 0 Å². The maximum Gasteiger partial charge on any atom is 0.285 e. The first-order valence-corrected chi connectivity index (χ1v) is 4.12. The van der Waals surface area contributed by atoms with E-state index in [4.69, 9.17) is 20.3 Å². The molecule has 0 saturated carbocycles. The van der Waals surface area contributed by atoms with Crippen molar-refractivity contribution >= 4 is 16.8 Å². The van der Waals surface area contributed by atoms with Crippen molar-refractivity contribution in [2.75, 3.05) is 7.11 Å². The number of benzene rings is 1. The van der Waals surface area contributed by atoms with E-state index >= 15 is 0 Å². The van der Waals surface area contributed by atoms with Crippen molar-refractivity contribution in [2.24, 2.45) is 5.73 Å². The summed E-state index contributed by atoms with van der Waals surface area (Å²) >= 11 is 0. The SMILES string of the molecule is COc1cc2cc(C(=N)N)ccc2o1. The van der Waals surface area contributed by atoms with E-state index in [9.17, 15) is 0 Å². The highest BCUT2D eigenvalue weighted by atomic mass is 16.6. The van der Waals surface area contributed by atoms with Gasteiger partial charge in [-0.25, -0.2) is 0 Å². The van der Waals surface area contributed by atoms with E-state index in [2.05, 4.69) is 0 Å². The number of amidine groups is 1. The minimum Gasteiger partial charge on any atom is -0.468 e. The van der Waals surface area contributed by atoms with Crippen LogP contribution >= 0.6 is 0 Å². The fourth-order valence-corrected chi connectivity index (χ4v) is 1.29. The first kappa shape index (κ1) is 8.62. The summed E-state index contributed by atoms with van der Waals surface area (Å²) in [6.45, 7) is 0. The Morgan fingerprint density at radius 3 is 2.86 bits per heavy atom. The third kappa shape index (κ3) is 1.31. The summed E-state index contributed by atoms with van der Waals surface area (Å²) in [7, 11) is 1.55. The van der Waals surface area contributed by atoms with E-state index in [-0.39, 0.29) is 5.84 Å². The van der Waals surface area contributed by atoms with Crippen LogP contribution in [0, 0.1) is 5.41 Å². The van der Waals surface area contributed by atoms with Crippen LogP contribution in [0.5, 0.6) is 5.95 Å². The van der Waals surface area contributed by atoms with E-state index in [1.54, 1.807) is 31.4 Å². The average molecular weight is 190 g/mol. The Bertz CT molecular complexity index is 488. The molecule has 0 spiro atoms. The van der Waals surface area contributed by atoms with Crippen molar-refractivity contribution in [2.45, 2.75) is 0 Å². The van der Waals surface area contributed by atoms with Gasteiger partial charge in [0.05, 0.1) is 7.11 Å². The summed E-state index contributed by atoms with van der Waals surface area (Å²) in [5.74, 6) is 0.507. The van der Waals surface area contributed by atoms with E-state index in [0.717, 1.165) is 11.0 Å². The molecule has 4 nitrogen and oxygen atoms in total. The molecule has 3 N–H and O–H groups in total. The molecule has 0 fully saturated rings. The highest BCUT2D eigenvalue weighted by molar-refractivity contribution is 5.98. The highest BCUT2D eigenvalue weighted by Crippen LogP contribution is 2.25. The Morgan fingerprint density at radius 2 is 2.21 bits per heavy atom. The molecule has 0 atom stereocenters. The van der Waals surface area contributed by atoms with Crippen molar-refractivity contribution < 1.29 is 9.15 Å². The van der Waals surface area contributed by atoms with E-state index < -0.39 is 0 Å². The monoisotopic (exact) mass is 190 g/mol. The van der Waals surface area contributed by atoms with Crippen molar-refractivity contribution in [3.05, 3.63) is 29.8 Å². The van der Waals surface area contributed by atoms with Crippen molar-refractivity contribution in [1.29, 1.82) is 5.41 Å². The number of nitrogens with one attached hydrogen (secondary N) is 1. The number of fused-ring (bicyclic) bond motifs is 1. The predicted molar refractivity (Wildman–Crippen MR) is 53.8 cm³/mol. The third-order valence-electron chi connectivity index (χ3n) is 2.01. The number of nitrogens with two attached hydrogens (primary N) is 1. The Kier molecular flexibility index (Phi) is 1.89. The van der Waals surface area contributed by atoms with Gasteiger partial charge in [0.2, 0.25) is 0 Å². The van der Waals surface area contributed by atoms with Gasteiger partial charge >= 0.3 is 0 Å². The Morgan fingerprint density at radius 1 is 1.43 bits per heavy atom. The first-order valence-electron chi connectivity index (χ1n) is 4.12. The van der Waals surface area contributed by atoms with Crippen LogP contribution in [0.25, 0.3) is 11.0 Å². The molecule has 0 aliphatic heterocycles. The summed E-state index contributed by atoms with van der Waals surface area (Å²) in [5.41, 5.74) is 6.78. The number of nitrogen functional groups attached to an aromatic ring is 1. The minimum atomic E-state index is 0.0482. The fourth-order valence-electron chi connectivity index (χ4n) is 1.29. The number of hydrogen-bond donors (Lipinski definition) is 2. The zero-order chi connectivity index (χ0) is 10.1. The first-order chi connectivity index (χ1) is 6.70. The molecule has 4 heteroatoms. The van der Waals surface area contributed by atoms with Crippen molar-refractivity contribution in [3.8, 4) is 5.95 Å². The lowest BCUT2D eigenvalue weighted by Crippen LogP contribution is -2.10. The predicted octanol–water partition coefficient (Wildman–Crippen LogP) is 1.73. The molecular weight excluding hydrogens is 180 g/mol. The number of hydrogen-bond acceptors (Lipinski definition) is 3. The Hall–Kier alpha value is -1.97. The molecule has 14 heavy (non-hydrogen) atoms. The van der Waals surface area contributed by atoms with Crippen LogP contribution in [0.3, 0.4) is 0 Å². The van der Waals surface area contributed by atoms with E-state index in [1.165, 1.54) is 0 Å². The molecule has 0 amide bonds. The van der Waals surface area contributed by atoms with Gasteiger partial charge in [0.15, 0.2) is 0 Å². The van der Waals surface area contributed by atoms with E-state index in [1.807, 2.05) is 0 Å². The molecule has 2 rings (SSSR count). The largest absolute Gasteiger partial charge is 0.468 e. The van der Waals surface area contributed by atoms with Gasteiger partial charge in [-0.3, -0.25) is 5.41 Å². The standard InChI is InChI=1S/C10H10N2O2/c1-13-9-5-7-4-6(10(11)12)2-3-8(7)14-9/h2-5H,1H3,(H3,11,12). The second-order valence-corrected chi connectivity index (χ2v) is 2.94. The van der Waals surface area contributed by atoms with Gasteiger partial charge in [0, 0.05) is 17.0 Å². The van der Waals surface area contributed by atoms with Crippen LogP contribution in [0.1, 0.15) is 5.56 Å². The summed E-state index contributed by atoms with van der Waals surface area (Å²) in [6.07, 6.45) is 0. The molecule has 72 valence electrons. The molecule has 0 saturated heterocycles. The smallest absolute Gasteiger partial charge is 0.285 e. The molecule has 0 radical (unpaired) electrons. The molecule has 1 heterocycles. The van der Waals surface area contributed by atoms with Crippen molar-refractivity contribution in [1.82, 2.24) is 0 Å². The number of methoxy groups -OCH3 is 1. The number of furan rings is 1. The van der Waals surface area contributed by atoms with Gasteiger partial charge in [0.25, 0.3) is 5.95 Å². The molecule has 0 bridgehead atoms. The second kappa shape index (κ2) is 3.06. The van der Waals surface area contributed by atoms with Gasteiger partial charge < -0.3 is 14.9 Å². The minimum absolute atomic E-state index is 0.0482. The maximum atomic E-state index is 7.28. The molecule has 0 aliphatic rings. The Balaban J connectivity index is 2.59. The summed E-state index contributed by atoms with van der Waals surface area (Å²) in [4.78, 5) is 0. The summed E-state index contributed by atoms with van der Waals surface area (Å²) in [6, 6.07) is 7.08. The van der Waals surface area contributed by atoms with Gasteiger partial charge in [0.1, 0.15) is 11.4 Å². The molecule has 0 aliphatic carbocycles. The third-order valence-corrected chi connectivity index (χ3v) is 2.01. The molecular formula is C10H10N2O2. The lowest BCUT2D eigenvalue weighted by atomic mass is 10.1. The maximum absolute atomic E-state index is 7.28. The van der Waals surface area contributed by atoms with Gasteiger partial charge in [-0.1, -0.05) is 0 Å². The van der Waals surface area contributed by atoms with Crippen LogP contribution < -0.4 is 10.5 Å². The Labute approximate surface area is 80.8 Å². The van der Waals surface area contributed by atoms with Crippen LogP contribution in [-0.4, -0.2) is 12.9 Å². The fraction of sp³-hybridized carbons (Fsp3) is 0.100. The molecule has 1 aromatic heterocycles. The zero-order valence-corrected chi connectivity index (χ0v) is 7.70. The normalized spacial score (nSPS) is 10.4. The molecule has 0 unspecified atom stereocenters. The highest BCUT2D eigenvalue weighted by Gasteiger charge is 2.05. The topological polar surface area (TPSA) is 72.2 Å². The summed E-state index contributed by atoms with van der Waals surface area (Å²) < 4.78 is 10.3. The van der Waals surface area contributed by atoms with E-state index in [0.29, 0.717) is 11.5 Å². The van der Waals surface area contributed by atoms with Crippen LogP contribution in [0.15, 0.2) is 28.7 Å². The van der Waals surface area contributed by atoms with Crippen LogP contribution in [0.2, 0.25) is 0 Å². The van der Waals surface area contributed by atoms with Crippen LogP contribution in [-0.2, 0) is 0 Å². The lowest BCUT2D eigenvalue weighted by Gasteiger charge is -1.95. The average Bonchev–Trinajstić information content (AvgIpc) is 2.58. The van der Waals surface area contributed by atoms with Crippen molar-refractivity contribution in [3.63, 3.8) is 0 Å². The zero-order valence-electron chi connectivity index (χ0n) is 7.70. The molecule has 1 aromatic carbocycles.